The van der Waals surface area contributed by atoms with E-state index in [-0.39, 0.29) is 6.04 Å². The Morgan fingerprint density at radius 1 is 1.00 bits per heavy atom. The van der Waals surface area contributed by atoms with Crippen LogP contribution < -0.4 is 10.1 Å². The maximum absolute atomic E-state index is 5.31. The SMILES string of the molecule is CCCC(N[C@H](C)c1cccc(OC)c1)c1ccccc1. The molecule has 0 saturated heterocycles. The Labute approximate surface area is 128 Å². The molecular formula is C19H25NO. The van der Waals surface area contributed by atoms with Crippen molar-refractivity contribution in [2.45, 2.75) is 38.8 Å². The number of rotatable bonds is 7. The molecule has 0 heterocycles. The average molecular weight is 283 g/mol. The molecule has 0 aromatic heterocycles. The minimum atomic E-state index is 0.289. The van der Waals surface area contributed by atoms with Crippen LogP contribution in [0.2, 0.25) is 0 Å². The topological polar surface area (TPSA) is 21.3 Å². The first kappa shape index (κ1) is 15.6. The van der Waals surface area contributed by atoms with Gasteiger partial charge in [0.15, 0.2) is 0 Å². The Hall–Kier alpha value is -1.80. The van der Waals surface area contributed by atoms with Crippen LogP contribution in [0, 0.1) is 0 Å². The van der Waals surface area contributed by atoms with Crippen LogP contribution in [0.3, 0.4) is 0 Å². The largest absolute Gasteiger partial charge is 0.497 e. The Morgan fingerprint density at radius 3 is 2.38 bits per heavy atom. The minimum Gasteiger partial charge on any atom is -0.497 e. The van der Waals surface area contributed by atoms with Gasteiger partial charge < -0.3 is 10.1 Å². The number of nitrogens with one attached hydrogen (secondary N) is 1. The van der Waals surface area contributed by atoms with Gasteiger partial charge in [-0.15, -0.1) is 0 Å². The number of methoxy groups -OCH3 is 1. The summed E-state index contributed by atoms with van der Waals surface area (Å²) in [6, 6.07) is 19.6. The van der Waals surface area contributed by atoms with Gasteiger partial charge in [0.25, 0.3) is 0 Å². The van der Waals surface area contributed by atoms with Crippen molar-refractivity contribution in [1.82, 2.24) is 5.32 Å². The van der Waals surface area contributed by atoms with Crippen molar-refractivity contribution in [3.63, 3.8) is 0 Å². The molecular weight excluding hydrogens is 258 g/mol. The lowest BCUT2D eigenvalue weighted by molar-refractivity contribution is 0.410. The highest BCUT2D eigenvalue weighted by Crippen LogP contribution is 2.25. The van der Waals surface area contributed by atoms with Crippen LogP contribution in [0.25, 0.3) is 0 Å². The third kappa shape index (κ3) is 4.33. The molecule has 112 valence electrons. The predicted molar refractivity (Wildman–Crippen MR) is 88.6 cm³/mol. The van der Waals surface area contributed by atoms with Gasteiger partial charge in [0, 0.05) is 12.1 Å². The van der Waals surface area contributed by atoms with Crippen molar-refractivity contribution in [3.8, 4) is 5.75 Å². The van der Waals surface area contributed by atoms with Crippen LogP contribution in [0.1, 0.15) is 49.9 Å². The molecule has 0 radical (unpaired) electrons. The second kappa shape index (κ2) is 7.84. The lowest BCUT2D eigenvalue weighted by Gasteiger charge is -2.24. The summed E-state index contributed by atoms with van der Waals surface area (Å²) in [5.41, 5.74) is 2.61. The van der Waals surface area contributed by atoms with Gasteiger partial charge in [0.1, 0.15) is 5.75 Å². The van der Waals surface area contributed by atoms with Crippen molar-refractivity contribution in [2.24, 2.45) is 0 Å². The summed E-state index contributed by atoms with van der Waals surface area (Å²) in [5.74, 6) is 0.910. The van der Waals surface area contributed by atoms with Crippen molar-refractivity contribution in [1.29, 1.82) is 0 Å². The quantitative estimate of drug-likeness (QED) is 0.781. The fourth-order valence-corrected chi connectivity index (χ4v) is 2.63. The monoisotopic (exact) mass is 283 g/mol. The molecule has 0 saturated carbocycles. The number of benzene rings is 2. The summed E-state index contributed by atoms with van der Waals surface area (Å²) in [7, 11) is 1.71. The smallest absolute Gasteiger partial charge is 0.119 e. The van der Waals surface area contributed by atoms with Gasteiger partial charge in [-0.05, 0) is 36.6 Å². The van der Waals surface area contributed by atoms with Gasteiger partial charge in [-0.25, -0.2) is 0 Å². The van der Waals surface area contributed by atoms with Crippen molar-refractivity contribution in [3.05, 3.63) is 65.7 Å². The molecule has 0 fully saturated rings. The van der Waals surface area contributed by atoms with E-state index >= 15 is 0 Å². The van der Waals surface area contributed by atoms with Crippen molar-refractivity contribution >= 4 is 0 Å². The van der Waals surface area contributed by atoms with E-state index in [1.807, 2.05) is 12.1 Å². The summed E-state index contributed by atoms with van der Waals surface area (Å²) in [6.45, 7) is 4.44. The van der Waals surface area contributed by atoms with Crippen LogP contribution in [0.5, 0.6) is 5.75 Å². The number of ether oxygens (including phenoxy) is 1. The zero-order valence-corrected chi connectivity index (χ0v) is 13.2. The highest BCUT2D eigenvalue weighted by molar-refractivity contribution is 5.30. The molecule has 2 nitrogen and oxygen atoms in total. The molecule has 0 bridgehead atoms. The molecule has 0 amide bonds. The molecule has 1 N–H and O–H groups in total. The lowest BCUT2D eigenvalue weighted by atomic mass is 9.99. The fraction of sp³-hybridized carbons (Fsp3) is 0.368. The second-order valence-corrected chi connectivity index (χ2v) is 5.42. The normalized spacial score (nSPS) is 13.7. The zero-order chi connectivity index (χ0) is 15.1. The Kier molecular flexibility index (Phi) is 5.82. The third-order valence-corrected chi connectivity index (χ3v) is 3.82. The molecule has 2 aromatic rings. The van der Waals surface area contributed by atoms with Crippen LogP contribution in [0.15, 0.2) is 54.6 Å². The molecule has 2 aromatic carbocycles. The summed E-state index contributed by atoms with van der Waals surface area (Å²) < 4.78 is 5.31. The van der Waals surface area contributed by atoms with E-state index in [1.165, 1.54) is 11.1 Å². The summed E-state index contributed by atoms with van der Waals surface area (Å²) in [4.78, 5) is 0. The standard InChI is InChI=1S/C19H25NO/c1-4-9-19(16-10-6-5-7-11-16)20-15(2)17-12-8-13-18(14-17)21-3/h5-8,10-15,19-20H,4,9H2,1-3H3/t15-,19?/m1/s1. The van der Waals surface area contributed by atoms with E-state index in [4.69, 9.17) is 4.74 Å². The van der Waals surface area contributed by atoms with Gasteiger partial charge in [-0.3, -0.25) is 0 Å². The van der Waals surface area contributed by atoms with E-state index in [1.54, 1.807) is 7.11 Å². The molecule has 2 heteroatoms. The third-order valence-electron chi connectivity index (χ3n) is 3.82. The van der Waals surface area contributed by atoms with Gasteiger partial charge in [0.05, 0.1) is 7.11 Å². The Morgan fingerprint density at radius 2 is 1.71 bits per heavy atom. The maximum Gasteiger partial charge on any atom is 0.119 e. The molecule has 2 atom stereocenters. The van der Waals surface area contributed by atoms with Crippen molar-refractivity contribution < 1.29 is 4.74 Å². The summed E-state index contributed by atoms with van der Waals surface area (Å²) in [5, 5.41) is 3.75. The van der Waals surface area contributed by atoms with Crippen LogP contribution >= 0.6 is 0 Å². The van der Waals surface area contributed by atoms with E-state index in [0.717, 1.165) is 18.6 Å². The number of hydrogen-bond donors (Lipinski definition) is 1. The summed E-state index contributed by atoms with van der Waals surface area (Å²) in [6.07, 6.45) is 2.30. The zero-order valence-electron chi connectivity index (χ0n) is 13.2. The Balaban J connectivity index is 2.12. The first-order valence-corrected chi connectivity index (χ1v) is 7.69. The van der Waals surface area contributed by atoms with E-state index in [2.05, 4.69) is 61.6 Å². The molecule has 21 heavy (non-hydrogen) atoms. The summed E-state index contributed by atoms with van der Waals surface area (Å²) >= 11 is 0. The number of hydrogen-bond acceptors (Lipinski definition) is 2. The molecule has 0 aliphatic carbocycles. The van der Waals surface area contributed by atoms with Gasteiger partial charge in [-0.1, -0.05) is 55.8 Å². The van der Waals surface area contributed by atoms with Crippen molar-refractivity contribution in [2.75, 3.05) is 7.11 Å². The van der Waals surface area contributed by atoms with Gasteiger partial charge in [0.2, 0.25) is 0 Å². The predicted octanol–water partition coefficient (Wildman–Crippen LogP) is 4.89. The lowest BCUT2D eigenvalue weighted by Crippen LogP contribution is -2.24. The van der Waals surface area contributed by atoms with Gasteiger partial charge >= 0.3 is 0 Å². The van der Waals surface area contributed by atoms with E-state index in [9.17, 15) is 0 Å². The van der Waals surface area contributed by atoms with E-state index < -0.39 is 0 Å². The van der Waals surface area contributed by atoms with Gasteiger partial charge in [-0.2, -0.15) is 0 Å². The average Bonchev–Trinajstić information content (AvgIpc) is 2.55. The molecule has 0 aliphatic heterocycles. The van der Waals surface area contributed by atoms with Crippen LogP contribution in [-0.2, 0) is 0 Å². The molecule has 0 spiro atoms. The molecule has 2 rings (SSSR count). The first-order chi connectivity index (χ1) is 10.2. The Bertz CT molecular complexity index is 538. The van der Waals surface area contributed by atoms with E-state index in [0.29, 0.717) is 6.04 Å². The minimum absolute atomic E-state index is 0.289. The van der Waals surface area contributed by atoms with Crippen LogP contribution in [-0.4, -0.2) is 7.11 Å². The highest BCUT2D eigenvalue weighted by atomic mass is 16.5. The van der Waals surface area contributed by atoms with Crippen LogP contribution in [0.4, 0.5) is 0 Å². The molecule has 1 unspecified atom stereocenters. The molecule has 0 aliphatic rings. The fourth-order valence-electron chi connectivity index (χ4n) is 2.63. The second-order valence-electron chi connectivity index (χ2n) is 5.42. The highest BCUT2D eigenvalue weighted by Gasteiger charge is 2.14. The maximum atomic E-state index is 5.31. The first-order valence-electron chi connectivity index (χ1n) is 7.69.